The van der Waals surface area contributed by atoms with Gasteiger partial charge in [0.25, 0.3) is 0 Å². The predicted octanol–water partition coefficient (Wildman–Crippen LogP) is 5.56. The largest absolute Gasteiger partial charge is 0.258 e. The fourth-order valence-electron chi connectivity index (χ4n) is 3.38. The van der Waals surface area contributed by atoms with Crippen LogP contribution in [0.15, 0.2) is 132 Å². The molecule has 1 aliphatic carbocycles. The van der Waals surface area contributed by atoms with Gasteiger partial charge in [-0.05, 0) is 6.08 Å². The third-order valence-corrected chi connectivity index (χ3v) is 8.34. The maximum absolute atomic E-state index is 5.51. The molecule has 0 radical (unpaired) electrons. The highest BCUT2D eigenvalue weighted by Crippen LogP contribution is 2.48. The van der Waals surface area contributed by atoms with Gasteiger partial charge in [0.05, 0.1) is 7.05 Å². The van der Waals surface area contributed by atoms with Crippen LogP contribution in [0.25, 0.3) is 0 Å². The van der Waals surface area contributed by atoms with Crippen molar-refractivity contribution in [2.24, 2.45) is 4.74 Å². The molecule has 0 N–H and O–H groups in total. The highest BCUT2D eigenvalue weighted by atomic mass is 31.2. The Hall–Kier alpha value is -2.89. The van der Waals surface area contributed by atoms with Crippen molar-refractivity contribution in [3.05, 3.63) is 127 Å². The number of rotatable bonds is 4. The Balaban J connectivity index is 2.08. The lowest BCUT2D eigenvalue weighted by Gasteiger charge is -2.27. The lowest BCUT2D eigenvalue weighted by atomic mass is 10.3. The molecule has 27 heavy (non-hydrogen) atoms. The van der Waals surface area contributed by atoms with Gasteiger partial charge in [0.2, 0.25) is 0 Å². The zero-order valence-electron chi connectivity index (χ0n) is 15.1. The summed E-state index contributed by atoms with van der Waals surface area (Å²) in [5.74, 6) is 0. The van der Waals surface area contributed by atoms with Crippen LogP contribution in [0.3, 0.4) is 0 Å². The summed E-state index contributed by atoms with van der Waals surface area (Å²) in [5, 5.41) is 3.83. The quantitative estimate of drug-likeness (QED) is 0.535. The van der Waals surface area contributed by atoms with Crippen LogP contribution in [0, 0.1) is 0 Å². The van der Waals surface area contributed by atoms with Gasteiger partial charge >= 0.3 is 0 Å². The molecule has 3 aromatic carbocycles. The van der Waals surface area contributed by atoms with Gasteiger partial charge in [0, 0.05) is 28.0 Å². The minimum absolute atomic E-state index is 0.848. The molecule has 3 aromatic rings. The van der Waals surface area contributed by atoms with Gasteiger partial charge in [-0.2, -0.15) is 0 Å². The molecular formula is C25H22NP. The normalized spacial score (nSPS) is 13.7. The Morgan fingerprint density at radius 3 is 1.52 bits per heavy atom. The fourth-order valence-corrected chi connectivity index (χ4v) is 6.97. The van der Waals surface area contributed by atoms with Crippen molar-refractivity contribution >= 4 is 23.0 Å². The second-order valence-electron chi connectivity index (χ2n) is 6.42. The van der Waals surface area contributed by atoms with Crippen molar-refractivity contribution in [3.8, 4) is 0 Å². The summed E-state index contributed by atoms with van der Waals surface area (Å²) in [6, 6.07) is 32.3. The molecule has 0 spiro atoms. The summed E-state index contributed by atoms with van der Waals surface area (Å²) in [6.45, 7) is 0. The van der Waals surface area contributed by atoms with Crippen LogP contribution in [0.4, 0.5) is 0 Å². The fraction of sp³-hybridized carbons (Fsp3) is 0.0400. The number of hydrogen-bond donors (Lipinski definition) is 0. The molecule has 0 saturated carbocycles. The molecule has 0 saturated heterocycles. The molecule has 0 heterocycles. The van der Waals surface area contributed by atoms with Crippen LogP contribution in [0.5, 0.6) is 0 Å². The Morgan fingerprint density at radius 1 is 0.556 bits per heavy atom. The number of benzene rings is 3. The topological polar surface area (TPSA) is 12.4 Å². The van der Waals surface area contributed by atoms with Crippen molar-refractivity contribution in [2.75, 3.05) is 0 Å². The summed E-state index contributed by atoms with van der Waals surface area (Å²) in [4.78, 5) is 0. The Kier molecular flexibility index (Phi) is 5.32. The maximum Gasteiger partial charge on any atom is 0.0608 e. The summed E-state index contributed by atoms with van der Waals surface area (Å²) in [6.07, 6.45) is 11.4. The van der Waals surface area contributed by atoms with Gasteiger partial charge in [0.1, 0.15) is 0 Å². The Labute approximate surface area is 161 Å². The van der Waals surface area contributed by atoms with Crippen LogP contribution in [0.1, 0.15) is 6.42 Å². The van der Waals surface area contributed by atoms with E-state index in [4.69, 9.17) is 4.74 Å². The molecule has 0 aliphatic heterocycles. The van der Waals surface area contributed by atoms with Crippen molar-refractivity contribution in [3.63, 3.8) is 0 Å². The summed E-state index contributed by atoms with van der Waals surface area (Å²) >= 11 is 0. The van der Waals surface area contributed by atoms with Crippen LogP contribution < -0.4 is 15.9 Å². The predicted molar refractivity (Wildman–Crippen MR) is 119 cm³/mol. The van der Waals surface area contributed by atoms with Crippen LogP contribution >= 0.6 is 7.05 Å². The number of hydrogen-bond acceptors (Lipinski definition) is 1. The van der Waals surface area contributed by atoms with Crippen molar-refractivity contribution in [1.29, 1.82) is 0 Å². The lowest BCUT2D eigenvalue weighted by Crippen LogP contribution is -2.25. The molecule has 0 fully saturated rings. The first-order valence-corrected chi connectivity index (χ1v) is 11.0. The SMILES string of the molecule is C1=CC=C(N=P(c2ccccc2)(c2ccccc2)c2ccccc2)CC=C1. The highest BCUT2D eigenvalue weighted by Gasteiger charge is 2.27. The Bertz CT molecular complexity index is 926. The highest BCUT2D eigenvalue weighted by molar-refractivity contribution is 7.87. The van der Waals surface area contributed by atoms with Gasteiger partial charge in [0.15, 0.2) is 0 Å². The maximum atomic E-state index is 5.51. The zero-order chi connectivity index (χ0) is 18.4. The van der Waals surface area contributed by atoms with E-state index in [1.165, 1.54) is 15.9 Å². The summed E-state index contributed by atoms with van der Waals surface area (Å²) < 4.78 is 5.51. The van der Waals surface area contributed by atoms with Gasteiger partial charge < -0.3 is 0 Å². The lowest BCUT2D eigenvalue weighted by molar-refractivity contribution is 1.18. The van der Waals surface area contributed by atoms with E-state index in [1.54, 1.807) is 0 Å². The van der Waals surface area contributed by atoms with Crippen molar-refractivity contribution < 1.29 is 0 Å². The molecule has 1 aliphatic rings. The Morgan fingerprint density at radius 2 is 1.04 bits per heavy atom. The van der Waals surface area contributed by atoms with E-state index in [0.717, 1.165) is 12.1 Å². The van der Waals surface area contributed by atoms with E-state index in [2.05, 4.69) is 121 Å². The number of nitrogens with zero attached hydrogens (tertiary/aromatic N) is 1. The number of allylic oxidation sites excluding steroid dienone is 5. The summed E-state index contributed by atoms with van der Waals surface area (Å²) in [5.41, 5.74) is 1.12. The minimum atomic E-state index is -2.15. The first kappa shape index (κ1) is 17.5. The molecule has 0 unspecified atom stereocenters. The van der Waals surface area contributed by atoms with Gasteiger partial charge in [-0.25, -0.2) is 0 Å². The molecule has 0 aromatic heterocycles. The van der Waals surface area contributed by atoms with E-state index >= 15 is 0 Å². The second kappa shape index (κ2) is 8.20. The molecule has 132 valence electrons. The van der Waals surface area contributed by atoms with Crippen molar-refractivity contribution in [1.82, 2.24) is 0 Å². The van der Waals surface area contributed by atoms with E-state index < -0.39 is 7.05 Å². The van der Waals surface area contributed by atoms with E-state index in [-0.39, 0.29) is 0 Å². The molecular weight excluding hydrogens is 345 g/mol. The molecule has 0 atom stereocenters. The third-order valence-electron chi connectivity index (χ3n) is 4.64. The van der Waals surface area contributed by atoms with Gasteiger partial charge in [-0.15, -0.1) is 0 Å². The molecule has 0 amide bonds. The average molecular weight is 367 g/mol. The molecule has 1 nitrogen and oxygen atoms in total. The monoisotopic (exact) mass is 367 g/mol. The summed E-state index contributed by atoms with van der Waals surface area (Å²) in [7, 11) is -2.15. The van der Waals surface area contributed by atoms with Gasteiger partial charge in [-0.1, -0.05) is 115 Å². The smallest absolute Gasteiger partial charge is 0.0608 e. The van der Waals surface area contributed by atoms with E-state index in [1.807, 2.05) is 0 Å². The van der Waals surface area contributed by atoms with Gasteiger partial charge in [-0.3, -0.25) is 4.74 Å². The first-order valence-electron chi connectivity index (χ1n) is 9.21. The zero-order valence-corrected chi connectivity index (χ0v) is 16.0. The minimum Gasteiger partial charge on any atom is -0.258 e. The standard InChI is InChI=1S/C25H22NP/c1-2-7-15-22(14-6-1)26-27(23-16-8-3-9-17-23,24-18-10-4-11-19-24)25-20-12-5-13-21-25/h1-14,16-21H,15H2. The van der Waals surface area contributed by atoms with Crippen LogP contribution in [-0.4, -0.2) is 0 Å². The first-order chi connectivity index (χ1) is 13.4. The molecule has 0 bridgehead atoms. The second-order valence-corrected chi connectivity index (χ2v) is 9.44. The van der Waals surface area contributed by atoms with Crippen LogP contribution in [-0.2, 0) is 0 Å². The third kappa shape index (κ3) is 3.65. The van der Waals surface area contributed by atoms with E-state index in [9.17, 15) is 0 Å². The van der Waals surface area contributed by atoms with Crippen molar-refractivity contribution in [2.45, 2.75) is 6.42 Å². The molecule has 2 heteroatoms. The average Bonchev–Trinajstić information content (AvgIpc) is 3.02. The van der Waals surface area contributed by atoms with E-state index in [0.29, 0.717) is 0 Å². The molecule has 4 rings (SSSR count). The van der Waals surface area contributed by atoms with Crippen LogP contribution in [0.2, 0.25) is 0 Å².